The number of anilines is 1. The molecule has 1 amide bonds. The number of carbonyl (C=O) groups is 1. The summed E-state index contributed by atoms with van der Waals surface area (Å²) in [7, 11) is 0. The molecule has 2 N–H and O–H groups in total. The second-order valence-electron chi connectivity index (χ2n) is 3.95. The van der Waals surface area contributed by atoms with Crippen LogP contribution in [0.4, 0.5) is 5.69 Å². The summed E-state index contributed by atoms with van der Waals surface area (Å²) in [5, 5.41) is 11.8. The van der Waals surface area contributed by atoms with E-state index in [4.69, 9.17) is 5.11 Å². The van der Waals surface area contributed by atoms with Gasteiger partial charge in [-0.2, -0.15) is 0 Å². The van der Waals surface area contributed by atoms with Crippen molar-refractivity contribution >= 4 is 11.6 Å². The quantitative estimate of drug-likeness (QED) is 0.864. The maximum atomic E-state index is 12.0. The number of aliphatic hydroxyl groups excluding tert-OH is 1. The number of rotatable bonds is 4. The Hall–Kier alpha value is -2.13. The molecule has 0 aromatic heterocycles. The van der Waals surface area contributed by atoms with Crippen LogP contribution in [-0.2, 0) is 6.42 Å². The summed E-state index contributed by atoms with van der Waals surface area (Å²) in [6, 6.07) is 16.6. The molecule has 3 heteroatoms. The summed E-state index contributed by atoms with van der Waals surface area (Å²) in [4.78, 5) is 12.0. The molecule has 18 heavy (non-hydrogen) atoms. The van der Waals surface area contributed by atoms with Crippen molar-refractivity contribution in [3.8, 4) is 0 Å². The molecule has 3 nitrogen and oxygen atoms in total. The largest absolute Gasteiger partial charge is 0.396 e. The number of nitrogens with one attached hydrogen (secondary N) is 1. The van der Waals surface area contributed by atoms with Crippen LogP contribution in [0.25, 0.3) is 0 Å². The molecular weight excluding hydrogens is 226 g/mol. The van der Waals surface area contributed by atoms with Gasteiger partial charge in [-0.1, -0.05) is 36.4 Å². The van der Waals surface area contributed by atoms with Crippen LogP contribution in [0, 0.1) is 0 Å². The molecule has 0 saturated carbocycles. The van der Waals surface area contributed by atoms with Crippen LogP contribution in [0.5, 0.6) is 0 Å². The predicted molar refractivity (Wildman–Crippen MR) is 71.6 cm³/mol. The highest BCUT2D eigenvalue weighted by atomic mass is 16.3. The van der Waals surface area contributed by atoms with Crippen molar-refractivity contribution < 1.29 is 9.90 Å². The third-order valence-corrected chi connectivity index (χ3v) is 2.68. The van der Waals surface area contributed by atoms with Crippen molar-refractivity contribution in [1.82, 2.24) is 0 Å². The van der Waals surface area contributed by atoms with E-state index in [9.17, 15) is 4.79 Å². The van der Waals surface area contributed by atoms with Gasteiger partial charge in [0.15, 0.2) is 0 Å². The molecule has 0 saturated heterocycles. The lowest BCUT2D eigenvalue weighted by Crippen LogP contribution is -2.13. The van der Waals surface area contributed by atoms with Gasteiger partial charge in [-0.15, -0.1) is 0 Å². The highest BCUT2D eigenvalue weighted by molar-refractivity contribution is 6.04. The maximum absolute atomic E-state index is 12.0. The molecule has 0 aliphatic carbocycles. The Labute approximate surface area is 106 Å². The molecule has 0 spiro atoms. The molecule has 0 unspecified atom stereocenters. The minimum atomic E-state index is -0.138. The summed E-state index contributed by atoms with van der Waals surface area (Å²) < 4.78 is 0. The fourth-order valence-corrected chi connectivity index (χ4v) is 1.76. The third kappa shape index (κ3) is 2.96. The molecular formula is C15H15NO2. The molecule has 0 bridgehead atoms. The van der Waals surface area contributed by atoms with E-state index in [-0.39, 0.29) is 12.5 Å². The van der Waals surface area contributed by atoms with Crippen LogP contribution in [0.3, 0.4) is 0 Å². The van der Waals surface area contributed by atoms with E-state index in [1.807, 2.05) is 42.5 Å². The average Bonchev–Trinajstić information content (AvgIpc) is 2.42. The van der Waals surface area contributed by atoms with E-state index in [1.54, 1.807) is 12.1 Å². The van der Waals surface area contributed by atoms with Crippen molar-refractivity contribution in [2.24, 2.45) is 0 Å². The van der Waals surface area contributed by atoms with Crippen molar-refractivity contribution in [3.05, 3.63) is 65.7 Å². The van der Waals surface area contributed by atoms with Crippen molar-refractivity contribution in [1.29, 1.82) is 0 Å². The van der Waals surface area contributed by atoms with Crippen molar-refractivity contribution in [3.63, 3.8) is 0 Å². The Morgan fingerprint density at radius 1 is 1.00 bits per heavy atom. The first-order valence-electron chi connectivity index (χ1n) is 5.86. The normalized spacial score (nSPS) is 10.1. The highest BCUT2D eigenvalue weighted by Crippen LogP contribution is 2.16. The molecule has 0 fully saturated rings. The summed E-state index contributed by atoms with van der Waals surface area (Å²) in [6.07, 6.45) is 0.533. The monoisotopic (exact) mass is 241 g/mol. The van der Waals surface area contributed by atoms with E-state index in [0.29, 0.717) is 12.0 Å². The maximum Gasteiger partial charge on any atom is 0.255 e. The van der Waals surface area contributed by atoms with Gasteiger partial charge < -0.3 is 10.4 Å². The van der Waals surface area contributed by atoms with E-state index >= 15 is 0 Å². The van der Waals surface area contributed by atoms with Crippen LogP contribution in [0.15, 0.2) is 54.6 Å². The molecule has 2 aromatic rings. The number of aliphatic hydroxyl groups is 1. The van der Waals surface area contributed by atoms with Gasteiger partial charge in [0.2, 0.25) is 0 Å². The van der Waals surface area contributed by atoms with Gasteiger partial charge in [0, 0.05) is 17.9 Å². The van der Waals surface area contributed by atoms with Crippen molar-refractivity contribution in [2.45, 2.75) is 6.42 Å². The standard InChI is InChI=1S/C15H15NO2/c17-11-10-12-6-4-5-9-14(12)16-15(18)13-7-2-1-3-8-13/h1-9,17H,10-11H2,(H,16,18). The Morgan fingerprint density at radius 2 is 1.67 bits per heavy atom. The highest BCUT2D eigenvalue weighted by Gasteiger charge is 2.07. The van der Waals surface area contributed by atoms with E-state index in [2.05, 4.69) is 5.32 Å². The van der Waals surface area contributed by atoms with Gasteiger partial charge in [0.1, 0.15) is 0 Å². The number of carbonyl (C=O) groups excluding carboxylic acids is 1. The van der Waals surface area contributed by atoms with Crippen LogP contribution in [0.1, 0.15) is 15.9 Å². The zero-order chi connectivity index (χ0) is 12.8. The summed E-state index contributed by atoms with van der Waals surface area (Å²) in [5.74, 6) is -0.138. The first-order chi connectivity index (χ1) is 8.81. The number of hydrogen-bond donors (Lipinski definition) is 2. The van der Waals surface area contributed by atoms with Crippen LogP contribution >= 0.6 is 0 Å². The lowest BCUT2D eigenvalue weighted by atomic mass is 10.1. The van der Waals surface area contributed by atoms with Crippen LogP contribution in [-0.4, -0.2) is 17.6 Å². The fourth-order valence-electron chi connectivity index (χ4n) is 1.76. The van der Waals surface area contributed by atoms with E-state index in [1.165, 1.54) is 0 Å². The van der Waals surface area contributed by atoms with Gasteiger partial charge in [-0.05, 0) is 30.2 Å². The van der Waals surface area contributed by atoms with E-state index < -0.39 is 0 Å². The third-order valence-electron chi connectivity index (χ3n) is 2.68. The zero-order valence-electron chi connectivity index (χ0n) is 9.97. The molecule has 0 atom stereocenters. The molecule has 92 valence electrons. The Balaban J connectivity index is 2.17. The predicted octanol–water partition coefficient (Wildman–Crippen LogP) is 2.47. The molecule has 0 heterocycles. The lowest BCUT2D eigenvalue weighted by molar-refractivity contribution is 0.102. The van der Waals surface area contributed by atoms with Gasteiger partial charge in [0.05, 0.1) is 0 Å². The summed E-state index contributed by atoms with van der Waals surface area (Å²) in [5.41, 5.74) is 2.31. The van der Waals surface area contributed by atoms with Gasteiger partial charge in [0.25, 0.3) is 5.91 Å². The minimum Gasteiger partial charge on any atom is -0.396 e. The molecule has 2 rings (SSSR count). The van der Waals surface area contributed by atoms with Crippen molar-refractivity contribution in [2.75, 3.05) is 11.9 Å². The molecule has 2 aromatic carbocycles. The fraction of sp³-hybridized carbons (Fsp3) is 0.133. The summed E-state index contributed by atoms with van der Waals surface area (Å²) in [6.45, 7) is 0.0677. The van der Waals surface area contributed by atoms with Gasteiger partial charge in [-0.3, -0.25) is 4.79 Å². The summed E-state index contributed by atoms with van der Waals surface area (Å²) >= 11 is 0. The Bertz CT molecular complexity index is 523. The molecule has 0 aliphatic heterocycles. The smallest absolute Gasteiger partial charge is 0.255 e. The number of para-hydroxylation sites is 1. The molecule has 0 aliphatic rings. The number of benzene rings is 2. The Kier molecular flexibility index (Phi) is 4.10. The second-order valence-corrected chi connectivity index (χ2v) is 3.95. The van der Waals surface area contributed by atoms with Gasteiger partial charge >= 0.3 is 0 Å². The first-order valence-corrected chi connectivity index (χ1v) is 5.86. The topological polar surface area (TPSA) is 49.3 Å². The molecule has 0 radical (unpaired) electrons. The van der Waals surface area contributed by atoms with Crippen LogP contribution < -0.4 is 5.32 Å². The SMILES string of the molecule is O=C(Nc1ccccc1CCO)c1ccccc1. The average molecular weight is 241 g/mol. The number of hydrogen-bond acceptors (Lipinski definition) is 2. The van der Waals surface area contributed by atoms with Crippen LogP contribution in [0.2, 0.25) is 0 Å². The number of amides is 1. The van der Waals surface area contributed by atoms with E-state index in [0.717, 1.165) is 11.3 Å². The first kappa shape index (κ1) is 12.3. The second kappa shape index (κ2) is 5.98. The lowest BCUT2D eigenvalue weighted by Gasteiger charge is -2.10. The van der Waals surface area contributed by atoms with Gasteiger partial charge in [-0.25, -0.2) is 0 Å². The zero-order valence-corrected chi connectivity index (χ0v) is 9.97. The minimum absolute atomic E-state index is 0.0677. The Morgan fingerprint density at radius 3 is 2.39 bits per heavy atom.